The molecule has 0 fully saturated rings. The first-order valence-corrected chi connectivity index (χ1v) is 18.2. The summed E-state index contributed by atoms with van der Waals surface area (Å²) in [7, 11) is 0. The second-order valence-electron chi connectivity index (χ2n) is 12.1. The molecule has 0 heterocycles. The van der Waals surface area contributed by atoms with Gasteiger partial charge in [-0.2, -0.15) is 0 Å². The minimum Gasteiger partial charge on any atom is -0.394 e. The zero-order valence-electron chi connectivity index (χ0n) is 30.5. The first-order chi connectivity index (χ1) is 24.1. The molecule has 0 aliphatic heterocycles. The summed E-state index contributed by atoms with van der Waals surface area (Å²) >= 11 is 0. The van der Waals surface area contributed by atoms with Gasteiger partial charge in [-0.3, -0.25) is 28.9 Å². The molecule has 0 aromatic heterocycles. The molecule has 10 N–H and O–H groups in total. The van der Waals surface area contributed by atoms with Crippen LogP contribution in [0.1, 0.15) is 84.5 Å². The van der Waals surface area contributed by atoms with Crippen LogP contribution in [0.2, 0.25) is 0 Å². The maximum Gasteiger partial charge on any atom is 0.239 e. The van der Waals surface area contributed by atoms with Crippen molar-refractivity contribution in [3.05, 3.63) is 24.3 Å². The SMILES string of the molecule is CCC=CCCC(=O)NCCCCN(CCCNC(=O)CCC=CCC)C(=O)CN(CCCNC(=O)[C@@H](N)CO)CCCNC(=O)[C@@H](N)CO. The van der Waals surface area contributed by atoms with Gasteiger partial charge in [-0.05, 0) is 57.8 Å². The van der Waals surface area contributed by atoms with Gasteiger partial charge >= 0.3 is 0 Å². The van der Waals surface area contributed by atoms with E-state index in [0.717, 1.165) is 12.8 Å². The van der Waals surface area contributed by atoms with Crippen molar-refractivity contribution in [1.29, 1.82) is 0 Å². The van der Waals surface area contributed by atoms with E-state index in [2.05, 4.69) is 21.3 Å². The molecule has 0 aromatic rings. The first kappa shape index (κ1) is 46.6. The van der Waals surface area contributed by atoms with Gasteiger partial charge in [0.1, 0.15) is 12.1 Å². The number of nitrogens with one attached hydrogen (secondary N) is 4. The van der Waals surface area contributed by atoms with E-state index < -0.39 is 37.1 Å². The second-order valence-corrected chi connectivity index (χ2v) is 12.1. The number of hydrogen-bond donors (Lipinski definition) is 8. The minimum absolute atomic E-state index is 0.000628. The summed E-state index contributed by atoms with van der Waals surface area (Å²) in [4.78, 5) is 65.6. The Kier molecular flexibility index (Phi) is 29.5. The van der Waals surface area contributed by atoms with Crippen molar-refractivity contribution >= 4 is 29.5 Å². The lowest BCUT2D eigenvalue weighted by atomic mass is 10.2. The Morgan fingerprint density at radius 2 is 1.02 bits per heavy atom. The third-order valence-corrected chi connectivity index (χ3v) is 7.66. The zero-order chi connectivity index (χ0) is 37.4. The van der Waals surface area contributed by atoms with Crippen LogP contribution in [0.5, 0.6) is 0 Å². The molecule has 0 spiro atoms. The molecule has 0 radical (unpaired) electrons. The molecule has 15 nitrogen and oxygen atoms in total. The standard InChI is InChI=1S/C35H66N8O7/c1-3-5-7-9-16-31(46)38-18-11-12-24-43(25-15-19-39-32(47)17-10-8-6-4-2)33(48)26-42(22-13-20-40-34(49)29(36)27-44)23-14-21-41-35(50)30(37)28-45/h5-8,29-30,44-45H,3-4,9-28,36-37H2,1-2H3,(H,38,46)(H,39,47)(H,40,49)(H,41,50)/t29-,30-/m0/s1. The number of carbonyl (C=O) groups is 5. The number of hydrogen-bond acceptors (Lipinski definition) is 10. The molecule has 0 bridgehead atoms. The highest BCUT2D eigenvalue weighted by atomic mass is 16.3. The predicted molar refractivity (Wildman–Crippen MR) is 196 cm³/mol. The molecule has 5 amide bonds. The molecule has 15 heteroatoms. The Morgan fingerprint density at radius 1 is 0.600 bits per heavy atom. The second kappa shape index (κ2) is 31.6. The smallest absolute Gasteiger partial charge is 0.239 e. The van der Waals surface area contributed by atoms with E-state index in [1.165, 1.54) is 0 Å². The Morgan fingerprint density at radius 3 is 1.48 bits per heavy atom. The highest BCUT2D eigenvalue weighted by Gasteiger charge is 2.19. The number of carbonyl (C=O) groups excluding carboxylic acids is 5. The highest BCUT2D eigenvalue weighted by Crippen LogP contribution is 2.04. The van der Waals surface area contributed by atoms with Gasteiger partial charge in [0.2, 0.25) is 29.5 Å². The molecular weight excluding hydrogens is 644 g/mol. The molecule has 0 aliphatic carbocycles. The first-order valence-electron chi connectivity index (χ1n) is 18.2. The van der Waals surface area contributed by atoms with Gasteiger partial charge in [-0.25, -0.2) is 0 Å². The summed E-state index contributed by atoms with van der Waals surface area (Å²) in [6, 6.07) is -2.01. The lowest BCUT2D eigenvalue weighted by Crippen LogP contribution is -2.46. The maximum atomic E-state index is 13.7. The van der Waals surface area contributed by atoms with Gasteiger partial charge < -0.3 is 47.8 Å². The van der Waals surface area contributed by atoms with E-state index in [9.17, 15) is 24.0 Å². The fourth-order valence-electron chi connectivity index (χ4n) is 4.71. The number of amides is 5. The van der Waals surface area contributed by atoms with Crippen molar-refractivity contribution in [2.24, 2.45) is 11.5 Å². The molecule has 0 aliphatic rings. The van der Waals surface area contributed by atoms with Gasteiger partial charge in [0, 0.05) is 65.2 Å². The van der Waals surface area contributed by atoms with Crippen LogP contribution in [0.4, 0.5) is 0 Å². The number of aliphatic hydroxyl groups excluding tert-OH is 2. The molecule has 50 heavy (non-hydrogen) atoms. The van der Waals surface area contributed by atoms with Crippen LogP contribution >= 0.6 is 0 Å². The third kappa shape index (κ3) is 25.6. The molecular formula is C35H66N8O7. The minimum atomic E-state index is -1.01. The van der Waals surface area contributed by atoms with Crippen molar-refractivity contribution in [1.82, 2.24) is 31.1 Å². The summed E-state index contributed by atoms with van der Waals surface area (Å²) in [5, 5.41) is 29.4. The average Bonchev–Trinajstić information content (AvgIpc) is 3.11. The Hall–Kier alpha value is -3.37. The van der Waals surface area contributed by atoms with E-state index >= 15 is 0 Å². The Bertz CT molecular complexity index is 982. The number of nitrogens with two attached hydrogens (primary N) is 2. The normalized spacial score (nSPS) is 12.6. The van der Waals surface area contributed by atoms with Gasteiger partial charge in [-0.15, -0.1) is 0 Å². The van der Waals surface area contributed by atoms with Crippen molar-refractivity contribution in [3.8, 4) is 0 Å². The third-order valence-electron chi connectivity index (χ3n) is 7.66. The van der Waals surface area contributed by atoms with Crippen LogP contribution in [0.15, 0.2) is 24.3 Å². The van der Waals surface area contributed by atoms with Crippen molar-refractivity contribution in [2.75, 3.05) is 72.1 Å². The van der Waals surface area contributed by atoms with Crippen LogP contribution in [0.25, 0.3) is 0 Å². The van der Waals surface area contributed by atoms with Crippen molar-refractivity contribution < 1.29 is 34.2 Å². The topological polar surface area (TPSA) is 232 Å². The summed E-state index contributed by atoms with van der Waals surface area (Å²) < 4.78 is 0. The average molecular weight is 711 g/mol. The molecule has 0 rings (SSSR count). The van der Waals surface area contributed by atoms with E-state index in [1.54, 1.807) is 4.90 Å². The number of aliphatic hydroxyl groups is 2. The molecule has 288 valence electrons. The number of allylic oxidation sites excluding steroid dienone is 4. The van der Waals surface area contributed by atoms with Gasteiger partial charge in [0.05, 0.1) is 19.8 Å². The van der Waals surface area contributed by atoms with Crippen molar-refractivity contribution in [3.63, 3.8) is 0 Å². The van der Waals surface area contributed by atoms with E-state index in [1.807, 2.05) is 43.1 Å². The quantitative estimate of drug-likeness (QED) is 0.0345. The van der Waals surface area contributed by atoms with Crippen LogP contribution in [-0.2, 0) is 24.0 Å². The molecule has 0 aromatic carbocycles. The lowest BCUT2D eigenvalue weighted by Gasteiger charge is -2.28. The van der Waals surface area contributed by atoms with Gasteiger partial charge in [0.25, 0.3) is 0 Å². The van der Waals surface area contributed by atoms with E-state index in [-0.39, 0.29) is 24.3 Å². The summed E-state index contributed by atoms with van der Waals surface area (Å²) in [6.07, 6.45) is 15.2. The number of nitrogens with zero attached hydrogens (tertiary/aromatic N) is 2. The Balaban J connectivity index is 5.27. The monoisotopic (exact) mass is 711 g/mol. The van der Waals surface area contributed by atoms with Crippen LogP contribution in [0.3, 0.4) is 0 Å². The van der Waals surface area contributed by atoms with Gasteiger partial charge in [0.15, 0.2) is 0 Å². The van der Waals surface area contributed by atoms with Crippen molar-refractivity contribution in [2.45, 2.75) is 96.6 Å². The van der Waals surface area contributed by atoms with E-state index in [0.29, 0.717) is 110 Å². The zero-order valence-corrected chi connectivity index (χ0v) is 30.5. The molecule has 0 saturated carbocycles. The molecule has 0 saturated heterocycles. The molecule has 2 atom stereocenters. The maximum absolute atomic E-state index is 13.7. The van der Waals surface area contributed by atoms with Crippen LogP contribution in [0, 0.1) is 0 Å². The predicted octanol–water partition coefficient (Wildman–Crippen LogP) is -0.336. The van der Waals surface area contributed by atoms with Crippen LogP contribution in [-0.4, -0.2) is 134 Å². The van der Waals surface area contributed by atoms with E-state index in [4.69, 9.17) is 21.7 Å². The molecule has 0 unspecified atom stereocenters. The fraction of sp³-hybridized carbons (Fsp3) is 0.743. The fourth-order valence-corrected chi connectivity index (χ4v) is 4.71. The highest BCUT2D eigenvalue weighted by molar-refractivity contribution is 5.82. The summed E-state index contributed by atoms with van der Waals surface area (Å²) in [5.41, 5.74) is 11.1. The lowest BCUT2D eigenvalue weighted by molar-refractivity contribution is -0.133. The summed E-state index contributed by atoms with van der Waals surface area (Å²) in [5.74, 6) is -1.05. The number of unbranched alkanes of at least 4 members (excludes halogenated alkanes) is 1. The van der Waals surface area contributed by atoms with Gasteiger partial charge in [-0.1, -0.05) is 38.2 Å². The largest absolute Gasteiger partial charge is 0.394 e. The number of rotatable bonds is 31. The summed E-state index contributed by atoms with van der Waals surface area (Å²) in [6.45, 7) is 6.72. The Labute approximate surface area is 299 Å². The van der Waals surface area contributed by atoms with Crippen LogP contribution < -0.4 is 32.7 Å².